The number of rotatable bonds is 12. The van der Waals surface area contributed by atoms with Gasteiger partial charge in [0.15, 0.2) is 5.82 Å². The van der Waals surface area contributed by atoms with Gasteiger partial charge in [0.25, 0.3) is 11.8 Å². The number of aromatic nitrogens is 2. The van der Waals surface area contributed by atoms with Gasteiger partial charge in [0.1, 0.15) is 23.9 Å². The summed E-state index contributed by atoms with van der Waals surface area (Å²) in [6.45, 7) is 8.90. The van der Waals surface area contributed by atoms with E-state index >= 15 is 18.4 Å². The monoisotopic (exact) mass is 924 g/mol. The van der Waals surface area contributed by atoms with E-state index in [9.17, 15) is 9.90 Å². The van der Waals surface area contributed by atoms with Gasteiger partial charge in [-0.3, -0.25) is 24.2 Å². The molecular weight excluding hydrogens is 871 g/mol. The van der Waals surface area contributed by atoms with E-state index in [0.717, 1.165) is 35.8 Å². The summed E-state index contributed by atoms with van der Waals surface area (Å²) >= 11 is 0. The third kappa shape index (κ3) is 9.40. The Morgan fingerprint density at radius 1 is 0.868 bits per heavy atom. The van der Waals surface area contributed by atoms with E-state index in [2.05, 4.69) is 16.0 Å². The zero-order chi connectivity index (χ0) is 47.6. The summed E-state index contributed by atoms with van der Waals surface area (Å²) in [6, 6.07) is 23.5. The number of amides is 3. The fraction of sp³-hybridized carbons (Fsp3) is 0.321. The van der Waals surface area contributed by atoms with Crippen molar-refractivity contribution in [2.75, 3.05) is 58.0 Å². The van der Waals surface area contributed by atoms with Crippen molar-refractivity contribution in [2.45, 2.75) is 52.2 Å². The predicted molar refractivity (Wildman–Crippen MR) is 252 cm³/mol. The lowest BCUT2D eigenvalue weighted by Gasteiger charge is -2.36. The molecule has 2 aromatic heterocycles. The number of benzene rings is 4. The number of hydrogen-bond acceptors (Lipinski definition) is 9. The number of pyridine rings is 1. The van der Waals surface area contributed by atoms with Crippen molar-refractivity contribution in [3.05, 3.63) is 154 Å². The Labute approximate surface area is 394 Å². The van der Waals surface area contributed by atoms with Gasteiger partial charge < -0.3 is 33.7 Å². The first-order chi connectivity index (χ1) is 32.9. The van der Waals surface area contributed by atoms with Gasteiger partial charge in [-0.2, -0.15) is 0 Å². The maximum atomic E-state index is 15.5. The summed E-state index contributed by atoms with van der Waals surface area (Å²) < 4.78 is 49.0. The van der Waals surface area contributed by atoms with Gasteiger partial charge in [-0.1, -0.05) is 30.3 Å². The average Bonchev–Trinajstić information content (AvgIpc) is 3.64. The quantitative estimate of drug-likeness (QED) is 0.131. The summed E-state index contributed by atoms with van der Waals surface area (Å²) in [4.78, 5) is 55.7. The van der Waals surface area contributed by atoms with E-state index in [1.165, 1.54) is 42.0 Å². The van der Waals surface area contributed by atoms with E-state index in [1.54, 1.807) is 29.2 Å². The van der Waals surface area contributed by atoms with Crippen LogP contribution in [-0.4, -0.2) is 106 Å². The van der Waals surface area contributed by atoms with Crippen molar-refractivity contribution in [1.82, 2.24) is 24.3 Å². The fourth-order valence-corrected chi connectivity index (χ4v) is 9.47. The number of halogens is 2. The second-order valence-electron chi connectivity index (χ2n) is 17.7. The number of aryl methyl sites for hydroxylation is 1. The van der Waals surface area contributed by atoms with Gasteiger partial charge in [0.05, 0.1) is 44.2 Å². The Balaban J connectivity index is 1.05. The number of phenols is 1. The number of ether oxygens (including phenoxy) is 3. The molecule has 0 radical (unpaired) electrons. The number of morpholine rings is 1. The number of aromatic hydroxyl groups is 1. The maximum Gasteiger partial charge on any atom is 0.265 e. The summed E-state index contributed by atoms with van der Waals surface area (Å²) in [5, 5.41) is 10.2. The third-order valence-corrected chi connectivity index (χ3v) is 13.4. The van der Waals surface area contributed by atoms with E-state index in [0.29, 0.717) is 86.1 Å². The highest BCUT2D eigenvalue weighted by Crippen LogP contribution is 2.40. The number of nitrogens with zero attached hydrogens (tertiary/aromatic N) is 6. The molecule has 68 heavy (non-hydrogen) atoms. The molecule has 3 aliphatic heterocycles. The molecule has 9 rings (SSSR count). The van der Waals surface area contributed by atoms with E-state index in [1.807, 2.05) is 66.9 Å². The number of fused-ring (bicyclic) bond motifs is 2. The highest BCUT2D eigenvalue weighted by Gasteiger charge is 2.34. The first-order valence-electron chi connectivity index (χ1n) is 22.9. The highest BCUT2D eigenvalue weighted by atomic mass is 19.1. The van der Waals surface area contributed by atoms with Gasteiger partial charge in [-0.25, -0.2) is 13.8 Å². The smallest absolute Gasteiger partial charge is 0.265 e. The molecule has 13 nitrogen and oxygen atoms in total. The number of hydrogen-bond donors (Lipinski definition) is 1. The minimum atomic E-state index is -0.776. The fourth-order valence-electron chi connectivity index (χ4n) is 9.47. The number of methoxy groups -OCH3 is 1. The molecule has 1 atom stereocenters. The lowest BCUT2D eigenvalue weighted by atomic mass is 9.87. The Morgan fingerprint density at radius 3 is 2.37 bits per heavy atom. The maximum absolute atomic E-state index is 15.5. The van der Waals surface area contributed by atoms with Crippen LogP contribution in [0.5, 0.6) is 17.4 Å². The van der Waals surface area contributed by atoms with Crippen molar-refractivity contribution < 1.29 is 42.5 Å². The number of phenolic OH excluding ortho intramolecular Hbond substituents is 1. The van der Waals surface area contributed by atoms with Crippen LogP contribution in [0.25, 0.3) is 11.1 Å². The van der Waals surface area contributed by atoms with Crippen LogP contribution < -0.4 is 14.4 Å². The van der Waals surface area contributed by atoms with Crippen molar-refractivity contribution in [1.29, 1.82) is 0 Å². The van der Waals surface area contributed by atoms with E-state index in [-0.39, 0.29) is 59.3 Å². The molecule has 0 spiro atoms. The molecule has 0 saturated carbocycles. The average molecular weight is 925 g/mol. The molecule has 3 aliphatic rings. The summed E-state index contributed by atoms with van der Waals surface area (Å²) in [5.41, 5.74) is 6.85. The van der Waals surface area contributed by atoms with Crippen LogP contribution in [0.4, 0.5) is 20.2 Å². The molecular formula is C53H54F2N6O7. The topological polar surface area (TPSA) is 130 Å². The Kier molecular flexibility index (Phi) is 13.3. The molecule has 6 aromatic rings. The molecule has 352 valence electrons. The predicted octanol–water partition coefficient (Wildman–Crippen LogP) is 7.79. The van der Waals surface area contributed by atoms with Gasteiger partial charge in [0.2, 0.25) is 11.8 Å². The van der Waals surface area contributed by atoms with Gasteiger partial charge in [-0.15, -0.1) is 0 Å². The Bertz CT molecular complexity index is 2880. The minimum absolute atomic E-state index is 0.0223. The molecule has 1 fully saturated rings. The van der Waals surface area contributed by atoms with Crippen molar-refractivity contribution >= 4 is 29.1 Å². The Morgan fingerprint density at radius 2 is 1.63 bits per heavy atom. The van der Waals surface area contributed by atoms with Crippen LogP contribution in [0.2, 0.25) is 0 Å². The van der Waals surface area contributed by atoms with Gasteiger partial charge in [0, 0.05) is 93.2 Å². The van der Waals surface area contributed by atoms with Crippen LogP contribution in [0, 0.1) is 18.6 Å². The van der Waals surface area contributed by atoms with E-state index in [4.69, 9.17) is 14.2 Å². The van der Waals surface area contributed by atoms with Crippen LogP contribution in [0.1, 0.15) is 61.2 Å². The van der Waals surface area contributed by atoms with Crippen LogP contribution >= 0.6 is 0 Å². The molecule has 0 unspecified atom stereocenters. The first-order valence-corrected chi connectivity index (χ1v) is 22.9. The van der Waals surface area contributed by atoms with Crippen LogP contribution in [-0.2, 0) is 48.9 Å². The molecule has 0 aliphatic carbocycles. The second-order valence-corrected chi connectivity index (χ2v) is 17.7. The molecule has 1 saturated heterocycles. The molecule has 3 amide bonds. The molecule has 1 N–H and O–H groups in total. The zero-order valence-electron chi connectivity index (χ0n) is 38.6. The lowest BCUT2D eigenvalue weighted by Crippen LogP contribution is -2.43. The minimum Gasteiger partial charge on any atom is -0.508 e. The normalized spacial score (nSPS) is 15.9. The first kappa shape index (κ1) is 46.0. The molecule has 0 bridgehead atoms. The van der Waals surface area contributed by atoms with E-state index < -0.39 is 17.5 Å². The Hall–Kier alpha value is -7.10. The van der Waals surface area contributed by atoms with Crippen LogP contribution in [0.3, 0.4) is 0 Å². The summed E-state index contributed by atoms with van der Waals surface area (Å²) in [6.07, 6.45) is 4.12. The van der Waals surface area contributed by atoms with Gasteiger partial charge in [-0.05, 0) is 103 Å². The van der Waals surface area contributed by atoms with Crippen molar-refractivity contribution in [2.24, 2.45) is 7.05 Å². The van der Waals surface area contributed by atoms with Crippen molar-refractivity contribution in [3.8, 4) is 28.5 Å². The molecule has 5 heterocycles. The zero-order valence-corrected chi connectivity index (χ0v) is 38.6. The molecule has 4 aromatic carbocycles. The summed E-state index contributed by atoms with van der Waals surface area (Å²) in [5.74, 6) is -2.17. The second kappa shape index (κ2) is 19.6. The SMILES string of the molecule is COc1ncc(N(C(=O)c2c(-c3cc4c(cc3C(=O)N3Cc5ccccc5C[C@H]3C)CN(C(=O)Cc3ccc(OCCN5CCOCC5)cc3F)CC4)cn(C)c2C)c2ccc(O)cc2)cc1F. The molecule has 15 heteroatoms. The van der Waals surface area contributed by atoms with Crippen molar-refractivity contribution in [3.63, 3.8) is 0 Å². The number of carbonyl (C=O) groups excluding carboxylic acids is 3. The van der Waals surface area contributed by atoms with Gasteiger partial charge >= 0.3 is 0 Å². The standard InChI is InChI=1S/C53H54F2N6O7/c1-33-23-35-7-5-6-8-38(35)31-60(33)52(64)45-25-39-30-59(49(63)26-37-9-14-43(28-47(37)54)68-22-19-58-17-20-67-21-18-58)16-15-36(39)24-44(45)46-32-57(3)34(2)50(46)53(65)61(40-10-12-42(62)13-11-40)41-27-48(55)51(66-4)56-29-41/h5-14,24-25,27-29,32-33,62H,15-23,26,30-31H2,1-4H3/t33-/m1/s1. The number of carbonyl (C=O) groups is 3. The number of anilines is 2. The highest BCUT2D eigenvalue weighted by molar-refractivity contribution is 6.16. The summed E-state index contributed by atoms with van der Waals surface area (Å²) in [7, 11) is 3.12. The lowest BCUT2D eigenvalue weighted by molar-refractivity contribution is -0.131. The largest absolute Gasteiger partial charge is 0.508 e. The third-order valence-electron chi connectivity index (χ3n) is 13.4. The van der Waals surface area contributed by atoms with Crippen LogP contribution in [0.15, 0.2) is 97.3 Å².